The number of fused-ring (bicyclic) bond motifs is 1. The number of hydrogen-bond acceptors (Lipinski definition) is 6. The van der Waals surface area contributed by atoms with Gasteiger partial charge in [-0.15, -0.1) is 23.1 Å². The number of aryl methyl sites for hydroxylation is 2. The molecule has 3 N–H and O–H groups in total. The Hall–Kier alpha value is -1.38. The van der Waals surface area contributed by atoms with Gasteiger partial charge in [-0.25, -0.2) is 4.98 Å². The first-order valence-corrected chi connectivity index (χ1v) is 10.4. The summed E-state index contributed by atoms with van der Waals surface area (Å²) in [6.45, 7) is 7.55. The number of aromatic amines is 1. The van der Waals surface area contributed by atoms with E-state index in [0.717, 1.165) is 28.2 Å². The Labute approximate surface area is 155 Å². The number of H-pyrrole nitrogens is 1. The Kier molecular flexibility index (Phi) is 5.81. The van der Waals surface area contributed by atoms with Crippen LogP contribution in [0.5, 0.6) is 0 Å². The molecule has 2 atom stereocenters. The molecule has 1 aliphatic rings. The lowest BCUT2D eigenvalue weighted by Gasteiger charge is -2.15. The highest BCUT2D eigenvalue weighted by Gasteiger charge is 2.19. The van der Waals surface area contributed by atoms with Crippen LogP contribution in [-0.4, -0.2) is 40.3 Å². The van der Waals surface area contributed by atoms with Crippen LogP contribution >= 0.6 is 23.1 Å². The number of hydrogen-bond donors (Lipinski definition) is 3. The van der Waals surface area contributed by atoms with Crippen molar-refractivity contribution in [3.8, 4) is 0 Å². The van der Waals surface area contributed by atoms with Gasteiger partial charge in [0.1, 0.15) is 10.7 Å². The van der Waals surface area contributed by atoms with E-state index in [1.807, 2.05) is 20.8 Å². The fourth-order valence-corrected chi connectivity index (χ4v) is 4.77. The molecule has 0 bridgehead atoms. The second-order valence-corrected chi connectivity index (χ2v) is 9.00. The number of carbonyl (C=O) groups is 1. The highest BCUT2D eigenvalue weighted by Crippen LogP contribution is 2.26. The number of rotatable bonds is 6. The zero-order valence-corrected chi connectivity index (χ0v) is 16.4. The van der Waals surface area contributed by atoms with Crippen LogP contribution in [0.25, 0.3) is 10.2 Å². The van der Waals surface area contributed by atoms with Gasteiger partial charge < -0.3 is 15.6 Å². The van der Waals surface area contributed by atoms with Crippen molar-refractivity contribution < 1.29 is 4.79 Å². The van der Waals surface area contributed by atoms with E-state index in [2.05, 4.69) is 20.6 Å². The molecule has 1 fully saturated rings. The Morgan fingerprint density at radius 2 is 2.28 bits per heavy atom. The lowest BCUT2D eigenvalue weighted by molar-refractivity contribution is -0.120. The molecule has 1 saturated heterocycles. The lowest BCUT2D eigenvalue weighted by Crippen LogP contribution is -2.40. The van der Waals surface area contributed by atoms with E-state index in [-0.39, 0.29) is 16.7 Å². The van der Waals surface area contributed by atoms with Crippen LogP contribution in [0.1, 0.15) is 36.0 Å². The topological polar surface area (TPSA) is 86.9 Å². The fraction of sp³-hybridized carbons (Fsp3) is 0.588. The Bertz CT molecular complexity index is 824. The van der Waals surface area contributed by atoms with Gasteiger partial charge in [0.25, 0.3) is 5.56 Å². The molecule has 0 aromatic carbocycles. The van der Waals surface area contributed by atoms with Gasteiger partial charge in [0.05, 0.1) is 16.4 Å². The maximum atomic E-state index is 12.3. The van der Waals surface area contributed by atoms with Gasteiger partial charge >= 0.3 is 0 Å². The van der Waals surface area contributed by atoms with E-state index in [0.29, 0.717) is 29.6 Å². The van der Waals surface area contributed by atoms with Crippen LogP contribution in [0.2, 0.25) is 0 Å². The van der Waals surface area contributed by atoms with Gasteiger partial charge in [-0.1, -0.05) is 0 Å². The van der Waals surface area contributed by atoms with Crippen LogP contribution < -0.4 is 16.2 Å². The molecule has 136 valence electrons. The third kappa shape index (κ3) is 4.24. The van der Waals surface area contributed by atoms with Gasteiger partial charge in [-0.3, -0.25) is 9.59 Å². The second-order valence-electron chi connectivity index (χ2n) is 6.47. The summed E-state index contributed by atoms with van der Waals surface area (Å²) in [6.07, 6.45) is 2.29. The van der Waals surface area contributed by atoms with Crippen molar-refractivity contribution in [2.75, 3.05) is 13.1 Å². The van der Waals surface area contributed by atoms with Crippen molar-refractivity contribution in [2.24, 2.45) is 0 Å². The maximum Gasteiger partial charge on any atom is 0.259 e. The highest BCUT2D eigenvalue weighted by atomic mass is 32.2. The zero-order valence-electron chi connectivity index (χ0n) is 14.8. The molecule has 6 nitrogen and oxygen atoms in total. The summed E-state index contributed by atoms with van der Waals surface area (Å²) < 4.78 is 0. The van der Waals surface area contributed by atoms with Gasteiger partial charge in [-0.2, -0.15) is 0 Å². The van der Waals surface area contributed by atoms with Crippen molar-refractivity contribution in [2.45, 2.75) is 50.7 Å². The van der Waals surface area contributed by atoms with Crippen molar-refractivity contribution in [3.05, 3.63) is 26.6 Å². The Balaban J connectivity index is 1.58. The van der Waals surface area contributed by atoms with E-state index in [1.165, 1.54) is 18.2 Å². The number of nitrogens with one attached hydrogen (secondary N) is 3. The predicted octanol–water partition coefficient (Wildman–Crippen LogP) is 2.09. The van der Waals surface area contributed by atoms with Crippen LogP contribution in [0.15, 0.2) is 4.79 Å². The van der Waals surface area contributed by atoms with Crippen molar-refractivity contribution >= 4 is 39.2 Å². The van der Waals surface area contributed by atoms with Crippen LogP contribution in [0.3, 0.4) is 0 Å². The molecule has 3 rings (SSSR count). The minimum absolute atomic E-state index is 0.0323. The molecule has 2 aromatic rings. The summed E-state index contributed by atoms with van der Waals surface area (Å²) in [7, 11) is 0. The van der Waals surface area contributed by atoms with Crippen LogP contribution in [-0.2, 0) is 10.5 Å². The molecule has 1 amide bonds. The number of amides is 1. The van der Waals surface area contributed by atoms with Crippen molar-refractivity contribution in [1.82, 2.24) is 20.6 Å². The number of nitrogens with zero attached hydrogens (tertiary/aromatic N) is 1. The highest BCUT2D eigenvalue weighted by molar-refractivity contribution is 7.99. The van der Waals surface area contributed by atoms with E-state index in [1.54, 1.807) is 11.3 Å². The summed E-state index contributed by atoms with van der Waals surface area (Å²) >= 11 is 3.03. The summed E-state index contributed by atoms with van der Waals surface area (Å²) in [6, 6.07) is 0.395. The molecule has 3 heterocycles. The lowest BCUT2D eigenvalue weighted by atomic mass is 10.2. The normalized spacial score (nSPS) is 18.6. The van der Waals surface area contributed by atoms with Crippen molar-refractivity contribution in [3.63, 3.8) is 0 Å². The first kappa shape index (κ1) is 18.4. The predicted molar refractivity (Wildman–Crippen MR) is 105 cm³/mol. The molecule has 25 heavy (non-hydrogen) atoms. The largest absolute Gasteiger partial charge is 0.354 e. The quantitative estimate of drug-likeness (QED) is 0.714. The average Bonchev–Trinajstić information content (AvgIpc) is 3.19. The molecule has 2 unspecified atom stereocenters. The maximum absolute atomic E-state index is 12.3. The number of carbonyl (C=O) groups excluding carboxylic acids is 1. The third-order valence-electron chi connectivity index (χ3n) is 4.61. The van der Waals surface area contributed by atoms with Gasteiger partial charge in [0.2, 0.25) is 5.91 Å². The molecule has 0 aliphatic carbocycles. The standard InChI is InChI=1S/C17H24N4O2S2/c1-9-10(2)25-17-14(9)16(23)20-13(21-17)8-24-11(3)15(22)19-7-12-5-4-6-18-12/h11-12,18H,4-8H2,1-3H3,(H,19,22)(H,20,21,23). The van der Waals surface area contributed by atoms with Crippen LogP contribution in [0, 0.1) is 13.8 Å². The number of thioether (sulfide) groups is 1. The first-order chi connectivity index (χ1) is 12.0. The summed E-state index contributed by atoms with van der Waals surface area (Å²) in [4.78, 5) is 33.8. The summed E-state index contributed by atoms with van der Waals surface area (Å²) in [5.41, 5.74) is 0.910. The molecular formula is C17H24N4O2S2. The number of thiophene rings is 1. The fourth-order valence-electron chi connectivity index (χ4n) is 2.95. The van der Waals surface area contributed by atoms with E-state index < -0.39 is 0 Å². The smallest absolute Gasteiger partial charge is 0.259 e. The third-order valence-corrected chi connectivity index (χ3v) is 6.87. The minimum atomic E-state index is -0.186. The molecule has 2 aromatic heterocycles. The van der Waals surface area contributed by atoms with Gasteiger partial charge in [0.15, 0.2) is 0 Å². The van der Waals surface area contributed by atoms with E-state index in [4.69, 9.17) is 0 Å². The molecule has 0 radical (unpaired) electrons. The van der Waals surface area contributed by atoms with Crippen molar-refractivity contribution in [1.29, 1.82) is 0 Å². The molecule has 0 saturated carbocycles. The van der Waals surface area contributed by atoms with Gasteiger partial charge in [0, 0.05) is 17.5 Å². The molecule has 0 spiro atoms. The second kappa shape index (κ2) is 7.88. The van der Waals surface area contributed by atoms with E-state index in [9.17, 15) is 9.59 Å². The average molecular weight is 381 g/mol. The monoisotopic (exact) mass is 380 g/mol. The zero-order chi connectivity index (χ0) is 18.0. The molecule has 8 heteroatoms. The Morgan fingerprint density at radius 1 is 1.48 bits per heavy atom. The van der Waals surface area contributed by atoms with Crippen LogP contribution in [0.4, 0.5) is 0 Å². The first-order valence-electron chi connectivity index (χ1n) is 8.57. The van der Waals surface area contributed by atoms with Gasteiger partial charge in [-0.05, 0) is 45.7 Å². The Morgan fingerprint density at radius 3 is 3.00 bits per heavy atom. The summed E-state index contributed by atoms with van der Waals surface area (Å²) in [5, 5.41) is 6.87. The SMILES string of the molecule is Cc1sc2nc(CSC(C)C(=O)NCC3CCCN3)[nH]c(=O)c2c1C. The molecule has 1 aliphatic heterocycles. The molecular weight excluding hydrogens is 356 g/mol. The number of aromatic nitrogens is 2. The van der Waals surface area contributed by atoms with E-state index >= 15 is 0 Å². The summed E-state index contributed by atoms with van der Waals surface area (Å²) in [5.74, 6) is 1.17. The minimum Gasteiger partial charge on any atom is -0.354 e.